The summed E-state index contributed by atoms with van der Waals surface area (Å²) >= 11 is 3.36. The van der Waals surface area contributed by atoms with Crippen molar-refractivity contribution < 1.29 is 9.90 Å². The van der Waals surface area contributed by atoms with Gasteiger partial charge in [-0.05, 0) is 35.0 Å². The Bertz CT molecular complexity index is 483. The van der Waals surface area contributed by atoms with Crippen molar-refractivity contribution in [3.8, 4) is 0 Å². The van der Waals surface area contributed by atoms with E-state index in [0.717, 1.165) is 10.2 Å². The predicted molar refractivity (Wildman–Crippen MR) is 76.1 cm³/mol. The van der Waals surface area contributed by atoms with Crippen LogP contribution in [-0.2, 0) is 0 Å². The number of rotatable bonds is 2. The minimum absolute atomic E-state index is 0.212. The van der Waals surface area contributed by atoms with Gasteiger partial charge in [-0.3, -0.25) is 5.32 Å². The van der Waals surface area contributed by atoms with Gasteiger partial charge in [0, 0.05) is 24.6 Å². The van der Waals surface area contributed by atoms with Crippen LogP contribution < -0.4 is 10.6 Å². The van der Waals surface area contributed by atoms with Crippen LogP contribution >= 0.6 is 15.9 Å². The number of halogens is 1. The van der Waals surface area contributed by atoms with E-state index in [0.29, 0.717) is 18.9 Å². The molecule has 1 fully saturated rings. The number of anilines is 1. The number of aliphatic hydroxyl groups excluding tert-OH is 1. The molecular weight excluding hydrogens is 312 g/mol. The lowest BCUT2D eigenvalue weighted by Crippen LogP contribution is -2.46. The fraction of sp³-hybridized carbons (Fsp3) is 0.500. The Labute approximate surface area is 120 Å². The maximum Gasteiger partial charge on any atom is 0.323 e. The largest absolute Gasteiger partial charge is 0.390 e. The molecule has 0 bridgehead atoms. The van der Waals surface area contributed by atoms with E-state index in [-0.39, 0.29) is 12.1 Å². The average Bonchev–Trinajstić information content (AvgIpc) is 2.79. The summed E-state index contributed by atoms with van der Waals surface area (Å²) in [5.41, 5.74) is 0.808. The number of carbonyl (C=O) groups excluding carboxylic acids is 1. The van der Waals surface area contributed by atoms with Crippen LogP contribution in [0.2, 0.25) is 0 Å². The number of likely N-dealkylation sites (N-methyl/N-ethyl adjacent to an activating group) is 1. The second-order valence-electron chi connectivity index (χ2n) is 4.60. The third kappa shape index (κ3) is 3.23. The third-order valence-corrected chi connectivity index (χ3v) is 4.06. The second kappa shape index (κ2) is 5.85. The minimum Gasteiger partial charge on any atom is -0.390 e. The molecule has 0 saturated carbocycles. The SMILES string of the molecule is Cc1nc(NC(=O)N(C)[C@H]2CNC[C@@H]2O)ccc1Br. The molecule has 3 N–H and O–H groups in total. The first-order valence-corrected chi connectivity index (χ1v) is 6.84. The lowest BCUT2D eigenvalue weighted by Gasteiger charge is -2.26. The van der Waals surface area contributed by atoms with Crippen molar-refractivity contribution in [2.75, 3.05) is 25.5 Å². The average molecular weight is 329 g/mol. The molecule has 1 saturated heterocycles. The molecule has 19 heavy (non-hydrogen) atoms. The molecule has 2 atom stereocenters. The number of aromatic nitrogens is 1. The zero-order valence-corrected chi connectivity index (χ0v) is 12.4. The molecular formula is C12H17BrN4O2. The van der Waals surface area contributed by atoms with Gasteiger partial charge in [-0.15, -0.1) is 0 Å². The van der Waals surface area contributed by atoms with Crippen molar-refractivity contribution in [2.45, 2.75) is 19.1 Å². The van der Waals surface area contributed by atoms with Crippen LogP contribution in [0.5, 0.6) is 0 Å². The number of nitrogens with zero attached hydrogens (tertiary/aromatic N) is 2. The van der Waals surface area contributed by atoms with Crippen molar-refractivity contribution in [3.05, 3.63) is 22.3 Å². The summed E-state index contributed by atoms with van der Waals surface area (Å²) in [6, 6.07) is 3.08. The molecule has 2 rings (SSSR count). The van der Waals surface area contributed by atoms with E-state index in [1.165, 1.54) is 4.90 Å². The summed E-state index contributed by atoms with van der Waals surface area (Å²) < 4.78 is 0.897. The summed E-state index contributed by atoms with van der Waals surface area (Å²) in [6.45, 7) is 2.96. The van der Waals surface area contributed by atoms with Gasteiger partial charge in [0.2, 0.25) is 0 Å². The van der Waals surface area contributed by atoms with Crippen LogP contribution in [-0.4, -0.2) is 53.3 Å². The highest BCUT2D eigenvalue weighted by molar-refractivity contribution is 9.10. The lowest BCUT2D eigenvalue weighted by atomic mass is 10.2. The van der Waals surface area contributed by atoms with Crippen LogP contribution in [0.15, 0.2) is 16.6 Å². The number of nitrogens with one attached hydrogen (secondary N) is 2. The molecule has 0 radical (unpaired) electrons. The number of hydrogen-bond acceptors (Lipinski definition) is 4. The van der Waals surface area contributed by atoms with E-state index in [2.05, 4.69) is 31.5 Å². The highest BCUT2D eigenvalue weighted by atomic mass is 79.9. The molecule has 0 aliphatic carbocycles. The molecule has 7 heteroatoms. The Morgan fingerprint density at radius 1 is 1.58 bits per heavy atom. The summed E-state index contributed by atoms with van der Waals surface area (Å²) in [7, 11) is 1.67. The molecule has 1 aliphatic heterocycles. The van der Waals surface area contributed by atoms with Gasteiger partial charge in [0.1, 0.15) is 5.82 Å². The molecule has 104 valence electrons. The van der Waals surface area contributed by atoms with Crippen LogP contribution in [0.3, 0.4) is 0 Å². The van der Waals surface area contributed by atoms with Gasteiger partial charge in [-0.1, -0.05) is 0 Å². The van der Waals surface area contributed by atoms with E-state index in [4.69, 9.17) is 0 Å². The number of β-amino-alcohol motifs (C(OH)–C–C–N with tert-alkyl or cyclic N) is 1. The Balaban J connectivity index is 2.02. The standard InChI is InChI=1S/C12H17BrN4O2/c1-7-8(13)3-4-11(15-7)16-12(19)17(2)9-5-14-6-10(9)18/h3-4,9-10,14,18H,5-6H2,1-2H3,(H,15,16,19)/t9-,10-/m0/s1. The first-order chi connectivity index (χ1) is 8.99. The zero-order chi connectivity index (χ0) is 14.0. The summed E-state index contributed by atoms with van der Waals surface area (Å²) in [4.78, 5) is 17.8. The number of amides is 2. The van der Waals surface area contributed by atoms with E-state index in [1.807, 2.05) is 13.0 Å². The van der Waals surface area contributed by atoms with Gasteiger partial charge in [-0.2, -0.15) is 0 Å². The summed E-state index contributed by atoms with van der Waals surface area (Å²) in [6.07, 6.45) is -0.532. The molecule has 1 aromatic heterocycles. The number of hydrogen-bond donors (Lipinski definition) is 3. The molecule has 1 aliphatic rings. The van der Waals surface area contributed by atoms with Crippen molar-refractivity contribution in [2.24, 2.45) is 0 Å². The number of carbonyl (C=O) groups is 1. The van der Waals surface area contributed by atoms with E-state index in [9.17, 15) is 9.90 Å². The maximum atomic E-state index is 12.1. The van der Waals surface area contributed by atoms with Crippen molar-refractivity contribution in [1.29, 1.82) is 0 Å². The first-order valence-electron chi connectivity index (χ1n) is 6.05. The first kappa shape index (κ1) is 14.2. The Morgan fingerprint density at radius 2 is 2.32 bits per heavy atom. The van der Waals surface area contributed by atoms with Gasteiger partial charge < -0.3 is 15.3 Å². The molecule has 1 aromatic rings. The van der Waals surface area contributed by atoms with Crippen LogP contribution in [0.1, 0.15) is 5.69 Å². The Hall–Kier alpha value is -1.18. The van der Waals surface area contributed by atoms with Gasteiger partial charge in [-0.25, -0.2) is 9.78 Å². The monoisotopic (exact) mass is 328 g/mol. The van der Waals surface area contributed by atoms with Gasteiger partial charge >= 0.3 is 6.03 Å². The highest BCUT2D eigenvalue weighted by Gasteiger charge is 2.31. The van der Waals surface area contributed by atoms with Gasteiger partial charge in [0.25, 0.3) is 0 Å². The third-order valence-electron chi connectivity index (χ3n) is 3.23. The van der Waals surface area contributed by atoms with Crippen LogP contribution in [0.25, 0.3) is 0 Å². The molecule has 2 heterocycles. The number of aliphatic hydroxyl groups is 1. The van der Waals surface area contributed by atoms with Crippen molar-refractivity contribution >= 4 is 27.8 Å². The molecule has 6 nitrogen and oxygen atoms in total. The minimum atomic E-state index is -0.532. The topological polar surface area (TPSA) is 77.5 Å². The zero-order valence-electron chi connectivity index (χ0n) is 10.9. The molecule has 0 unspecified atom stereocenters. The fourth-order valence-electron chi connectivity index (χ4n) is 2.01. The van der Waals surface area contributed by atoms with E-state index >= 15 is 0 Å². The number of pyridine rings is 1. The van der Waals surface area contributed by atoms with E-state index < -0.39 is 6.10 Å². The Kier molecular flexibility index (Phi) is 4.38. The van der Waals surface area contributed by atoms with Gasteiger partial charge in [0.15, 0.2) is 0 Å². The lowest BCUT2D eigenvalue weighted by molar-refractivity contribution is 0.115. The smallest absolute Gasteiger partial charge is 0.323 e. The highest BCUT2D eigenvalue weighted by Crippen LogP contribution is 2.17. The second-order valence-corrected chi connectivity index (χ2v) is 5.45. The van der Waals surface area contributed by atoms with Crippen LogP contribution in [0.4, 0.5) is 10.6 Å². The van der Waals surface area contributed by atoms with Crippen molar-refractivity contribution in [1.82, 2.24) is 15.2 Å². The molecule has 0 spiro atoms. The van der Waals surface area contributed by atoms with Crippen molar-refractivity contribution in [3.63, 3.8) is 0 Å². The number of urea groups is 1. The van der Waals surface area contributed by atoms with E-state index in [1.54, 1.807) is 13.1 Å². The van der Waals surface area contributed by atoms with Crippen LogP contribution in [0, 0.1) is 6.92 Å². The summed E-state index contributed by atoms with van der Waals surface area (Å²) in [5.74, 6) is 0.498. The normalized spacial score (nSPS) is 22.3. The maximum absolute atomic E-state index is 12.1. The fourth-order valence-corrected chi connectivity index (χ4v) is 2.23. The summed E-state index contributed by atoms with van der Waals surface area (Å²) in [5, 5.41) is 15.5. The van der Waals surface area contributed by atoms with Gasteiger partial charge in [0.05, 0.1) is 17.8 Å². The Morgan fingerprint density at radius 3 is 2.89 bits per heavy atom. The molecule has 0 aromatic carbocycles. The number of aryl methyl sites for hydroxylation is 1. The molecule has 2 amide bonds. The quantitative estimate of drug-likeness (QED) is 0.755. The predicted octanol–water partition coefficient (Wildman–Crippen LogP) is 0.949.